The standard InChI is InChI=1S/C18H21ClN2O3S/c1-4-21(14(3)22)12-15-7-5-6-8-18(15)20-25(23,24)16-10-9-13(2)17(19)11-16/h5-11,20H,4,12H2,1-3H3. The summed E-state index contributed by atoms with van der Waals surface area (Å²) in [6.07, 6.45) is 0. The number of nitrogens with one attached hydrogen (secondary N) is 1. The van der Waals surface area contributed by atoms with Crippen molar-refractivity contribution in [3.8, 4) is 0 Å². The number of halogens is 1. The third-order valence-electron chi connectivity index (χ3n) is 3.90. The third-order valence-corrected chi connectivity index (χ3v) is 5.67. The number of hydrogen-bond donors (Lipinski definition) is 1. The largest absolute Gasteiger partial charge is 0.339 e. The molecular formula is C18H21ClN2O3S. The Morgan fingerprint density at radius 2 is 1.88 bits per heavy atom. The van der Waals surface area contributed by atoms with Crippen LogP contribution in [0.5, 0.6) is 0 Å². The van der Waals surface area contributed by atoms with E-state index in [0.29, 0.717) is 23.8 Å². The van der Waals surface area contributed by atoms with Crippen LogP contribution in [0.1, 0.15) is 25.0 Å². The number of anilines is 1. The van der Waals surface area contributed by atoms with E-state index >= 15 is 0 Å². The monoisotopic (exact) mass is 380 g/mol. The summed E-state index contributed by atoms with van der Waals surface area (Å²) in [4.78, 5) is 13.4. The van der Waals surface area contributed by atoms with Crippen LogP contribution in [0.3, 0.4) is 0 Å². The number of nitrogens with zero attached hydrogens (tertiary/aromatic N) is 1. The van der Waals surface area contributed by atoms with Crippen molar-refractivity contribution in [3.05, 3.63) is 58.6 Å². The molecule has 0 aliphatic carbocycles. The molecule has 134 valence electrons. The van der Waals surface area contributed by atoms with E-state index in [1.807, 2.05) is 19.9 Å². The van der Waals surface area contributed by atoms with Crippen LogP contribution >= 0.6 is 11.6 Å². The van der Waals surface area contributed by atoms with E-state index in [9.17, 15) is 13.2 Å². The smallest absolute Gasteiger partial charge is 0.261 e. The molecule has 1 amide bonds. The van der Waals surface area contributed by atoms with Crippen molar-refractivity contribution in [1.29, 1.82) is 0 Å². The lowest BCUT2D eigenvalue weighted by Crippen LogP contribution is -2.28. The van der Waals surface area contributed by atoms with Gasteiger partial charge >= 0.3 is 0 Å². The Labute approximate surface area is 153 Å². The molecule has 7 heteroatoms. The molecule has 2 aromatic rings. The maximum absolute atomic E-state index is 12.7. The lowest BCUT2D eigenvalue weighted by atomic mass is 10.1. The summed E-state index contributed by atoms with van der Waals surface area (Å²) in [6, 6.07) is 11.6. The first-order valence-corrected chi connectivity index (χ1v) is 9.73. The van der Waals surface area contributed by atoms with Gasteiger partial charge in [-0.25, -0.2) is 8.42 Å². The van der Waals surface area contributed by atoms with Gasteiger partial charge in [-0.2, -0.15) is 0 Å². The number of benzene rings is 2. The van der Waals surface area contributed by atoms with E-state index in [1.165, 1.54) is 19.1 Å². The van der Waals surface area contributed by atoms with Gasteiger partial charge in [-0.15, -0.1) is 0 Å². The highest BCUT2D eigenvalue weighted by molar-refractivity contribution is 7.92. The molecule has 0 heterocycles. The van der Waals surface area contributed by atoms with Gasteiger partial charge in [0.25, 0.3) is 10.0 Å². The predicted molar refractivity (Wildman–Crippen MR) is 100 cm³/mol. The zero-order valence-electron chi connectivity index (χ0n) is 14.4. The molecule has 2 rings (SSSR count). The SMILES string of the molecule is CCN(Cc1ccccc1NS(=O)(=O)c1ccc(C)c(Cl)c1)C(C)=O. The number of amides is 1. The highest BCUT2D eigenvalue weighted by Crippen LogP contribution is 2.24. The summed E-state index contributed by atoms with van der Waals surface area (Å²) in [7, 11) is -3.78. The summed E-state index contributed by atoms with van der Waals surface area (Å²) >= 11 is 6.04. The summed E-state index contributed by atoms with van der Waals surface area (Å²) in [5.41, 5.74) is 1.97. The van der Waals surface area contributed by atoms with Crippen LogP contribution in [0.25, 0.3) is 0 Å². The van der Waals surface area contributed by atoms with Gasteiger partial charge in [-0.1, -0.05) is 35.9 Å². The number of rotatable bonds is 6. The zero-order chi connectivity index (χ0) is 18.6. The maximum Gasteiger partial charge on any atom is 0.261 e. The van der Waals surface area contributed by atoms with E-state index < -0.39 is 10.0 Å². The molecule has 0 aliphatic heterocycles. The number of hydrogen-bond acceptors (Lipinski definition) is 3. The normalized spacial score (nSPS) is 11.2. The first kappa shape index (κ1) is 19.3. The topological polar surface area (TPSA) is 66.5 Å². The van der Waals surface area contributed by atoms with Crippen LogP contribution in [0.4, 0.5) is 5.69 Å². The van der Waals surface area contributed by atoms with Gasteiger partial charge in [-0.3, -0.25) is 9.52 Å². The van der Waals surface area contributed by atoms with Gasteiger partial charge in [0.05, 0.1) is 10.6 Å². The molecule has 0 aromatic heterocycles. The Morgan fingerprint density at radius 1 is 1.20 bits per heavy atom. The molecule has 0 saturated heterocycles. The zero-order valence-corrected chi connectivity index (χ0v) is 16.0. The molecular weight excluding hydrogens is 360 g/mol. The van der Waals surface area contributed by atoms with Crippen molar-refractivity contribution in [2.75, 3.05) is 11.3 Å². The highest BCUT2D eigenvalue weighted by Gasteiger charge is 2.18. The van der Waals surface area contributed by atoms with Crippen LogP contribution in [-0.4, -0.2) is 25.8 Å². The van der Waals surface area contributed by atoms with E-state index in [-0.39, 0.29) is 10.8 Å². The Morgan fingerprint density at radius 3 is 2.48 bits per heavy atom. The van der Waals surface area contributed by atoms with Crippen molar-refractivity contribution >= 4 is 33.2 Å². The molecule has 25 heavy (non-hydrogen) atoms. The highest BCUT2D eigenvalue weighted by atomic mass is 35.5. The van der Waals surface area contributed by atoms with Crippen LogP contribution in [0.2, 0.25) is 5.02 Å². The van der Waals surface area contributed by atoms with Gasteiger partial charge in [-0.05, 0) is 43.2 Å². The van der Waals surface area contributed by atoms with E-state index in [4.69, 9.17) is 11.6 Å². The second kappa shape index (κ2) is 7.89. The van der Waals surface area contributed by atoms with Crippen molar-refractivity contribution < 1.29 is 13.2 Å². The molecule has 0 spiro atoms. The first-order valence-electron chi connectivity index (χ1n) is 7.87. The number of carbonyl (C=O) groups excluding carboxylic acids is 1. The summed E-state index contributed by atoms with van der Waals surface area (Å²) in [6.45, 7) is 6.05. The van der Waals surface area contributed by atoms with Gasteiger partial charge in [0.15, 0.2) is 0 Å². The van der Waals surface area contributed by atoms with Gasteiger partial charge in [0.2, 0.25) is 5.91 Å². The molecule has 0 unspecified atom stereocenters. The minimum absolute atomic E-state index is 0.0644. The first-order chi connectivity index (χ1) is 11.7. The lowest BCUT2D eigenvalue weighted by molar-refractivity contribution is -0.129. The molecule has 0 fully saturated rings. The van der Waals surface area contributed by atoms with Crippen molar-refractivity contribution in [1.82, 2.24) is 4.90 Å². The average molecular weight is 381 g/mol. The fraction of sp³-hybridized carbons (Fsp3) is 0.278. The van der Waals surface area contributed by atoms with Gasteiger partial charge in [0.1, 0.15) is 0 Å². The van der Waals surface area contributed by atoms with Crippen LogP contribution in [0, 0.1) is 6.92 Å². The van der Waals surface area contributed by atoms with E-state index in [1.54, 1.807) is 29.2 Å². The molecule has 0 bridgehead atoms. The fourth-order valence-electron chi connectivity index (χ4n) is 2.35. The number of carbonyl (C=O) groups is 1. The molecule has 0 atom stereocenters. The maximum atomic E-state index is 12.7. The number of aryl methyl sites for hydroxylation is 1. The van der Waals surface area contributed by atoms with Crippen molar-refractivity contribution in [2.45, 2.75) is 32.2 Å². The fourth-order valence-corrected chi connectivity index (χ4v) is 3.73. The minimum Gasteiger partial charge on any atom is -0.339 e. The Kier molecular flexibility index (Phi) is 6.08. The Balaban J connectivity index is 2.33. The average Bonchev–Trinajstić information content (AvgIpc) is 2.55. The van der Waals surface area contributed by atoms with Crippen molar-refractivity contribution in [3.63, 3.8) is 0 Å². The number of para-hydroxylation sites is 1. The van der Waals surface area contributed by atoms with Gasteiger partial charge < -0.3 is 4.90 Å². The third kappa shape index (κ3) is 4.74. The molecule has 0 radical (unpaired) electrons. The molecule has 2 aromatic carbocycles. The summed E-state index contributed by atoms with van der Waals surface area (Å²) in [5, 5.41) is 0.393. The Hall–Kier alpha value is -2.05. The summed E-state index contributed by atoms with van der Waals surface area (Å²) in [5.74, 6) is -0.0644. The van der Waals surface area contributed by atoms with Crippen LogP contribution in [-0.2, 0) is 21.4 Å². The summed E-state index contributed by atoms with van der Waals surface area (Å²) < 4.78 is 27.9. The molecule has 5 nitrogen and oxygen atoms in total. The van der Waals surface area contributed by atoms with Crippen LogP contribution in [0.15, 0.2) is 47.4 Å². The van der Waals surface area contributed by atoms with E-state index in [0.717, 1.165) is 11.1 Å². The van der Waals surface area contributed by atoms with Crippen LogP contribution < -0.4 is 4.72 Å². The quantitative estimate of drug-likeness (QED) is 0.828. The number of sulfonamides is 1. The second-order valence-corrected chi connectivity index (χ2v) is 7.80. The van der Waals surface area contributed by atoms with E-state index in [2.05, 4.69) is 4.72 Å². The second-order valence-electron chi connectivity index (χ2n) is 5.71. The molecule has 0 saturated carbocycles. The lowest BCUT2D eigenvalue weighted by Gasteiger charge is -2.21. The molecule has 0 aliphatic rings. The van der Waals surface area contributed by atoms with Gasteiger partial charge in [0, 0.05) is 25.0 Å². The van der Waals surface area contributed by atoms with Crippen molar-refractivity contribution in [2.24, 2.45) is 0 Å². The Bertz CT molecular complexity index is 882. The minimum atomic E-state index is -3.78. The predicted octanol–water partition coefficient (Wildman–Crippen LogP) is 3.82. The molecule has 1 N–H and O–H groups in total.